The highest BCUT2D eigenvalue weighted by molar-refractivity contribution is 5.98. The number of carbonyl (C=O) groups is 3. The van der Waals surface area contributed by atoms with Gasteiger partial charge in [-0.3, -0.25) is 4.79 Å². The van der Waals surface area contributed by atoms with Gasteiger partial charge in [-0.05, 0) is 32.9 Å². The van der Waals surface area contributed by atoms with Crippen molar-refractivity contribution in [2.45, 2.75) is 44.9 Å². The zero-order valence-electron chi connectivity index (χ0n) is 14.4. The van der Waals surface area contributed by atoms with E-state index in [0.717, 1.165) is 0 Å². The van der Waals surface area contributed by atoms with Gasteiger partial charge in [0.25, 0.3) is 12.2 Å². The third kappa shape index (κ3) is 5.46. The van der Waals surface area contributed by atoms with Gasteiger partial charge in [0, 0.05) is 6.20 Å². The minimum absolute atomic E-state index is 0.0176. The Balaban J connectivity index is 2.30. The maximum Gasteiger partial charge on any atom is 0.491 e. The van der Waals surface area contributed by atoms with Crippen molar-refractivity contribution in [3.05, 3.63) is 18.3 Å². The number of nitrogens with zero attached hydrogens (tertiary/aromatic N) is 1. The standard InChI is InChI=1S/C15H16F3N3O6/c1-14(2,3)27-13(24)21-8-9(22)20-7-5-4-6-19-10(7)25-11(8)26-12(23)15(16,17)18/h4-6,8,11H,1-3H3,(H,20,22)(H,21,24)/t8-,11?/m1/s1. The molecule has 0 saturated carbocycles. The summed E-state index contributed by atoms with van der Waals surface area (Å²) in [6, 6.07) is 0.958. The third-order valence-corrected chi connectivity index (χ3v) is 2.94. The summed E-state index contributed by atoms with van der Waals surface area (Å²) in [5.74, 6) is -3.89. The smallest absolute Gasteiger partial charge is 0.444 e. The van der Waals surface area contributed by atoms with Crippen molar-refractivity contribution in [1.82, 2.24) is 10.3 Å². The molecule has 148 valence electrons. The van der Waals surface area contributed by atoms with Gasteiger partial charge in [-0.2, -0.15) is 13.2 Å². The van der Waals surface area contributed by atoms with Crippen LogP contribution >= 0.6 is 0 Å². The van der Waals surface area contributed by atoms with E-state index in [2.05, 4.69) is 15.0 Å². The van der Waals surface area contributed by atoms with E-state index in [-0.39, 0.29) is 11.6 Å². The average molecular weight is 391 g/mol. The lowest BCUT2D eigenvalue weighted by Gasteiger charge is -2.26. The molecule has 0 fully saturated rings. The summed E-state index contributed by atoms with van der Waals surface area (Å²) in [6.45, 7) is 4.62. The predicted molar refractivity (Wildman–Crippen MR) is 82.6 cm³/mol. The van der Waals surface area contributed by atoms with Gasteiger partial charge in [-0.15, -0.1) is 0 Å². The fraction of sp³-hybridized carbons (Fsp3) is 0.467. The maximum absolute atomic E-state index is 12.6. The first kappa shape index (κ1) is 20.3. The first-order valence-electron chi connectivity index (χ1n) is 7.57. The molecule has 0 spiro atoms. The van der Waals surface area contributed by atoms with E-state index in [0.29, 0.717) is 0 Å². The number of rotatable bonds is 2. The van der Waals surface area contributed by atoms with Crippen LogP contribution in [0.1, 0.15) is 20.8 Å². The molecule has 2 N–H and O–H groups in total. The van der Waals surface area contributed by atoms with E-state index >= 15 is 0 Å². The van der Waals surface area contributed by atoms with Gasteiger partial charge < -0.3 is 24.8 Å². The number of ether oxygens (including phenoxy) is 3. The number of hydrogen-bond acceptors (Lipinski definition) is 7. The van der Waals surface area contributed by atoms with Crippen LogP contribution in [0.25, 0.3) is 0 Å². The Morgan fingerprint density at radius 3 is 2.56 bits per heavy atom. The van der Waals surface area contributed by atoms with Crippen molar-refractivity contribution in [3.63, 3.8) is 0 Å². The van der Waals surface area contributed by atoms with Crippen LogP contribution in [-0.4, -0.2) is 47.1 Å². The van der Waals surface area contributed by atoms with Crippen LogP contribution in [0, 0.1) is 0 Å². The van der Waals surface area contributed by atoms with Gasteiger partial charge in [-0.25, -0.2) is 14.6 Å². The van der Waals surface area contributed by atoms with Crippen LogP contribution in [-0.2, 0) is 19.1 Å². The quantitative estimate of drug-likeness (QED) is 0.738. The van der Waals surface area contributed by atoms with Gasteiger partial charge >= 0.3 is 18.2 Å². The fourth-order valence-corrected chi connectivity index (χ4v) is 1.92. The van der Waals surface area contributed by atoms with E-state index in [1.807, 2.05) is 5.32 Å². The van der Waals surface area contributed by atoms with Crippen molar-refractivity contribution in [2.75, 3.05) is 5.32 Å². The van der Waals surface area contributed by atoms with Crippen molar-refractivity contribution in [3.8, 4) is 5.88 Å². The summed E-state index contributed by atoms with van der Waals surface area (Å²) >= 11 is 0. The Morgan fingerprint density at radius 2 is 1.96 bits per heavy atom. The molecule has 1 aliphatic heterocycles. The van der Waals surface area contributed by atoms with Gasteiger partial charge in [0.1, 0.15) is 11.3 Å². The monoisotopic (exact) mass is 391 g/mol. The number of halogens is 3. The SMILES string of the molecule is CC(C)(C)OC(=O)N[C@@H]1C(=O)Nc2cccnc2OC1OC(=O)C(F)(F)F. The topological polar surface area (TPSA) is 116 Å². The molecule has 9 nitrogen and oxygen atoms in total. The highest BCUT2D eigenvalue weighted by Gasteiger charge is 2.47. The number of nitrogens with one attached hydrogen (secondary N) is 2. The fourth-order valence-electron chi connectivity index (χ4n) is 1.92. The van der Waals surface area contributed by atoms with Crippen LogP contribution in [0.3, 0.4) is 0 Å². The van der Waals surface area contributed by atoms with Crippen molar-refractivity contribution < 1.29 is 41.8 Å². The molecule has 1 unspecified atom stereocenters. The molecule has 2 heterocycles. The molecule has 1 aliphatic rings. The second kappa shape index (κ2) is 7.29. The second-order valence-corrected chi connectivity index (χ2v) is 6.36. The molecular weight excluding hydrogens is 375 g/mol. The molecule has 0 aliphatic carbocycles. The van der Waals surface area contributed by atoms with Gasteiger partial charge in [0.2, 0.25) is 5.88 Å². The van der Waals surface area contributed by atoms with E-state index in [1.54, 1.807) is 0 Å². The first-order chi connectivity index (χ1) is 12.4. The first-order valence-corrected chi connectivity index (χ1v) is 7.57. The van der Waals surface area contributed by atoms with Crippen LogP contribution in [0.15, 0.2) is 18.3 Å². The molecule has 27 heavy (non-hydrogen) atoms. The number of esters is 1. The average Bonchev–Trinajstić information content (AvgIpc) is 2.62. The molecular formula is C15H16F3N3O6. The molecule has 2 atom stereocenters. The summed E-state index contributed by atoms with van der Waals surface area (Å²) in [5, 5.41) is 4.35. The number of pyridine rings is 1. The second-order valence-electron chi connectivity index (χ2n) is 6.36. The number of aromatic nitrogens is 1. The normalized spacial score (nSPS) is 19.7. The molecule has 2 rings (SSSR count). The molecule has 1 aromatic heterocycles. The number of alkyl halides is 3. The van der Waals surface area contributed by atoms with Crippen molar-refractivity contribution >= 4 is 23.7 Å². The van der Waals surface area contributed by atoms with Crippen LogP contribution in [0.2, 0.25) is 0 Å². The number of fused-ring (bicyclic) bond motifs is 1. The Bertz CT molecular complexity index is 747. The highest BCUT2D eigenvalue weighted by atomic mass is 19.4. The summed E-state index contributed by atoms with van der Waals surface area (Å²) < 4.78 is 52.0. The largest absolute Gasteiger partial charge is 0.491 e. The molecule has 0 bridgehead atoms. The maximum atomic E-state index is 12.6. The van der Waals surface area contributed by atoms with E-state index in [9.17, 15) is 27.6 Å². The molecule has 0 saturated heterocycles. The summed E-state index contributed by atoms with van der Waals surface area (Å²) in [4.78, 5) is 39.3. The van der Waals surface area contributed by atoms with Crippen molar-refractivity contribution in [2.24, 2.45) is 0 Å². The Labute approximate surface area is 151 Å². The Hall–Kier alpha value is -3.05. The van der Waals surface area contributed by atoms with E-state index in [1.165, 1.54) is 39.1 Å². The summed E-state index contributed by atoms with van der Waals surface area (Å²) in [5.41, 5.74) is -0.932. The molecule has 12 heteroatoms. The minimum atomic E-state index is -5.34. The van der Waals surface area contributed by atoms with E-state index in [4.69, 9.17) is 9.47 Å². The van der Waals surface area contributed by atoms with Gasteiger partial charge in [0.15, 0.2) is 6.04 Å². The Morgan fingerprint density at radius 1 is 1.30 bits per heavy atom. The number of carbonyl (C=O) groups excluding carboxylic acids is 3. The lowest BCUT2D eigenvalue weighted by Crippen LogP contribution is -2.55. The zero-order valence-corrected chi connectivity index (χ0v) is 14.4. The molecule has 0 radical (unpaired) electrons. The van der Waals surface area contributed by atoms with Crippen molar-refractivity contribution in [1.29, 1.82) is 0 Å². The zero-order chi connectivity index (χ0) is 20.4. The van der Waals surface area contributed by atoms with Crippen LogP contribution in [0.5, 0.6) is 5.88 Å². The number of hydrogen-bond donors (Lipinski definition) is 2. The molecule has 2 amide bonds. The number of amides is 2. The third-order valence-electron chi connectivity index (χ3n) is 2.94. The highest BCUT2D eigenvalue weighted by Crippen LogP contribution is 2.28. The number of anilines is 1. The predicted octanol–water partition coefficient (Wildman–Crippen LogP) is 1.74. The van der Waals surface area contributed by atoms with Gasteiger partial charge in [0.05, 0.1) is 0 Å². The molecule has 1 aromatic rings. The van der Waals surface area contributed by atoms with Crippen LogP contribution in [0.4, 0.5) is 23.7 Å². The lowest BCUT2D eigenvalue weighted by molar-refractivity contribution is -0.218. The molecule has 0 aromatic carbocycles. The summed E-state index contributed by atoms with van der Waals surface area (Å²) in [7, 11) is 0. The minimum Gasteiger partial charge on any atom is -0.444 e. The summed E-state index contributed by atoms with van der Waals surface area (Å²) in [6.07, 6.45) is -7.36. The van der Waals surface area contributed by atoms with Gasteiger partial charge in [-0.1, -0.05) is 0 Å². The van der Waals surface area contributed by atoms with Crippen LogP contribution < -0.4 is 15.4 Å². The number of alkyl carbamates (subject to hydrolysis) is 1. The van der Waals surface area contributed by atoms with E-state index < -0.39 is 42.1 Å². The lowest BCUT2D eigenvalue weighted by atomic mass is 10.2. The Kier molecular flexibility index (Phi) is 5.47.